The highest BCUT2D eigenvalue weighted by molar-refractivity contribution is 5.83. The summed E-state index contributed by atoms with van der Waals surface area (Å²) in [6, 6.07) is 12.3. The Bertz CT molecular complexity index is 879. The number of H-pyrrole nitrogens is 1. The molecule has 1 aliphatic heterocycles. The Balaban J connectivity index is 1.31. The Kier molecular flexibility index (Phi) is 6.29. The summed E-state index contributed by atoms with van der Waals surface area (Å²) < 4.78 is 11.1. The van der Waals surface area contributed by atoms with E-state index in [-0.39, 0.29) is 6.10 Å². The number of aromatic amines is 1. The van der Waals surface area contributed by atoms with E-state index in [1.807, 2.05) is 12.1 Å². The van der Waals surface area contributed by atoms with Crippen LogP contribution in [-0.4, -0.2) is 43.3 Å². The first-order valence-electron chi connectivity index (χ1n) is 10.1. The third-order valence-corrected chi connectivity index (χ3v) is 5.08. The summed E-state index contributed by atoms with van der Waals surface area (Å²) in [6.07, 6.45) is 8.05. The van der Waals surface area contributed by atoms with Crippen LogP contribution in [0.15, 0.2) is 58.3 Å². The summed E-state index contributed by atoms with van der Waals surface area (Å²) in [6.45, 7) is 3.15. The molecular weight excluding hydrogens is 352 g/mol. The van der Waals surface area contributed by atoms with Crippen molar-refractivity contribution in [1.82, 2.24) is 15.6 Å². The van der Waals surface area contributed by atoms with Gasteiger partial charge in [-0.05, 0) is 43.0 Å². The van der Waals surface area contributed by atoms with Gasteiger partial charge in [-0.2, -0.15) is 0 Å². The zero-order chi connectivity index (χ0) is 19.0. The molecule has 1 aliphatic rings. The fourth-order valence-electron chi connectivity index (χ4n) is 3.57. The van der Waals surface area contributed by atoms with Crippen molar-refractivity contribution >= 4 is 16.9 Å². The van der Waals surface area contributed by atoms with Crippen LogP contribution in [0.1, 0.15) is 24.2 Å². The van der Waals surface area contributed by atoms with Gasteiger partial charge in [-0.25, -0.2) is 0 Å². The molecule has 0 saturated carbocycles. The van der Waals surface area contributed by atoms with Crippen molar-refractivity contribution in [3.05, 3.63) is 60.2 Å². The Morgan fingerprint density at radius 3 is 2.82 bits per heavy atom. The van der Waals surface area contributed by atoms with Crippen molar-refractivity contribution in [2.45, 2.75) is 31.8 Å². The number of hydrogen-bond donors (Lipinski definition) is 3. The number of furan rings is 1. The molecule has 148 valence electrons. The van der Waals surface area contributed by atoms with Crippen LogP contribution < -0.4 is 10.6 Å². The predicted molar refractivity (Wildman–Crippen MR) is 112 cm³/mol. The summed E-state index contributed by atoms with van der Waals surface area (Å²) in [5, 5.41) is 8.17. The average Bonchev–Trinajstić information content (AvgIpc) is 3.48. The minimum atomic E-state index is 0.247. The van der Waals surface area contributed by atoms with Gasteiger partial charge in [-0.3, -0.25) is 4.99 Å². The monoisotopic (exact) mass is 380 g/mol. The lowest BCUT2D eigenvalue weighted by atomic mass is 10.1. The van der Waals surface area contributed by atoms with Crippen molar-refractivity contribution in [2.24, 2.45) is 4.99 Å². The Labute approximate surface area is 165 Å². The van der Waals surface area contributed by atoms with Crippen molar-refractivity contribution in [3.8, 4) is 0 Å². The van der Waals surface area contributed by atoms with E-state index < -0.39 is 0 Å². The van der Waals surface area contributed by atoms with Gasteiger partial charge in [-0.1, -0.05) is 18.2 Å². The number of guanidine groups is 1. The largest absolute Gasteiger partial charge is 0.469 e. The Morgan fingerprint density at radius 1 is 1.11 bits per heavy atom. The first-order valence-corrected chi connectivity index (χ1v) is 10.1. The number of fused-ring (bicyclic) bond motifs is 1. The van der Waals surface area contributed by atoms with Gasteiger partial charge in [0.15, 0.2) is 5.96 Å². The van der Waals surface area contributed by atoms with Crippen LogP contribution in [0.25, 0.3) is 10.9 Å². The van der Waals surface area contributed by atoms with Crippen LogP contribution in [0.4, 0.5) is 0 Å². The Morgan fingerprint density at radius 2 is 2.00 bits per heavy atom. The second kappa shape index (κ2) is 9.46. The number of rotatable bonds is 8. The molecule has 3 aromatic rings. The van der Waals surface area contributed by atoms with Gasteiger partial charge in [0.1, 0.15) is 5.76 Å². The normalized spacial score (nSPS) is 17.3. The summed E-state index contributed by atoms with van der Waals surface area (Å²) in [5.74, 6) is 1.81. The van der Waals surface area contributed by atoms with Crippen molar-refractivity contribution in [3.63, 3.8) is 0 Å². The minimum absolute atomic E-state index is 0.247. The zero-order valence-corrected chi connectivity index (χ0v) is 16.1. The smallest absolute Gasteiger partial charge is 0.191 e. The average molecular weight is 380 g/mol. The van der Waals surface area contributed by atoms with E-state index in [0.29, 0.717) is 6.54 Å². The van der Waals surface area contributed by atoms with Crippen LogP contribution >= 0.6 is 0 Å². The molecule has 0 spiro atoms. The van der Waals surface area contributed by atoms with Crippen molar-refractivity contribution in [2.75, 3.05) is 26.2 Å². The van der Waals surface area contributed by atoms with E-state index >= 15 is 0 Å². The highest BCUT2D eigenvalue weighted by atomic mass is 16.5. The third kappa shape index (κ3) is 4.95. The lowest BCUT2D eigenvalue weighted by Gasteiger charge is -2.13. The van der Waals surface area contributed by atoms with Crippen molar-refractivity contribution in [1.29, 1.82) is 0 Å². The van der Waals surface area contributed by atoms with Gasteiger partial charge in [0.2, 0.25) is 0 Å². The summed E-state index contributed by atoms with van der Waals surface area (Å²) in [7, 11) is 0. The molecular formula is C22H28N4O2. The van der Waals surface area contributed by atoms with Crippen molar-refractivity contribution < 1.29 is 9.15 Å². The number of hydrogen-bond acceptors (Lipinski definition) is 3. The maximum atomic E-state index is 5.70. The van der Waals surface area contributed by atoms with Gasteiger partial charge < -0.3 is 24.8 Å². The highest BCUT2D eigenvalue weighted by Gasteiger charge is 2.15. The molecule has 1 unspecified atom stereocenters. The van der Waals surface area contributed by atoms with E-state index in [1.165, 1.54) is 16.5 Å². The lowest BCUT2D eigenvalue weighted by molar-refractivity contribution is 0.117. The molecule has 0 bridgehead atoms. The van der Waals surface area contributed by atoms with E-state index in [4.69, 9.17) is 14.1 Å². The number of para-hydroxylation sites is 1. The first kappa shape index (κ1) is 18.6. The Hall–Kier alpha value is -2.73. The van der Waals surface area contributed by atoms with Crippen LogP contribution in [0.5, 0.6) is 0 Å². The van der Waals surface area contributed by atoms with E-state index in [2.05, 4.69) is 46.1 Å². The van der Waals surface area contributed by atoms with Gasteiger partial charge in [0, 0.05) is 43.2 Å². The fourth-order valence-corrected chi connectivity index (χ4v) is 3.57. The van der Waals surface area contributed by atoms with E-state index in [9.17, 15) is 0 Å². The van der Waals surface area contributed by atoms with Crippen LogP contribution in [0, 0.1) is 0 Å². The molecule has 2 aromatic heterocycles. The molecule has 0 amide bonds. The number of benzene rings is 1. The van der Waals surface area contributed by atoms with E-state index in [1.54, 1.807) is 6.26 Å². The molecule has 1 fully saturated rings. The number of nitrogens with one attached hydrogen (secondary N) is 3. The molecule has 4 rings (SSSR count). The molecule has 3 N–H and O–H groups in total. The van der Waals surface area contributed by atoms with E-state index in [0.717, 1.165) is 57.1 Å². The first-order chi connectivity index (χ1) is 13.9. The van der Waals surface area contributed by atoms with Gasteiger partial charge in [0.25, 0.3) is 0 Å². The summed E-state index contributed by atoms with van der Waals surface area (Å²) in [4.78, 5) is 8.07. The molecule has 1 aromatic carbocycles. The quantitative estimate of drug-likeness (QED) is 0.414. The molecule has 6 nitrogen and oxygen atoms in total. The second-order valence-electron chi connectivity index (χ2n) is 7.12. The topological polar surface area (TPSA) is 74.6 Å². The molecule has 6 heteroatoms. The summed E-state index contributed by atoms with van der Waals surface area (Å²) >= 11 is 0. The minimum Gasteiger partial charge on any atom is -0.469 e. The third-order valence-electron chi connectivity index (χ3n) is 5.08. The molecule has 3 heterocycles. The van der Waals surface area contributed by atoms with Crippen LogP contribution in [0.2, 0.25) is 0 Å². The maximum absolute atomic E-state index is 5.70. The van der Waals surface area contributed by atoms with Crippen LogP contribution in [-0.2, 0) is 17.6 Å². The molecule has 28 heavy (non-hydrogen) atoms. The molecule has 0 aliphatic carbocycles. The van der Waals surface area contributed by atoms with Crippen LogP contribution in [0.3, 0.4) is 0 Å². The zero-order valence-electron chi connectivity index (χ0n) is 16.1. The standard InChI is InChI=1S/C22H28N4O2/c1-2-8-21-20(7-1)17(15-25-21)9-11-23-22(26-16-19-6-4-14-28-19)24-12-10-18-5-3-13-27-18/h1-3,5,7-8,13,15,19,25H,4,6,9-12,14,16H2,(H2,23,24,26). The van der Waals surface area contributed by atoms with Gasteiger partial charge >= 0.3 is 0 Å². The SMILES string of the molecule is c1coc(CCNC(=NCC2CCCO2)NCCc2c[nH]c3ccccc23)c1. The predicted octanol–water partition coefficient (Wildman–Crippen LogP) is 3.26. The summed E-state index contributed by atoms with van der Waals surface area (Å²) in [5.41, 5.74) is 2.50. The molecule has 1 saturated heterocycles. The van der Waals surface area contributed by atoms with Gasteiger partial charge in [-0.15, -0.1) is 0 Å². The number of aromatic nitrogens is 1. The fraction of sp³-hybridized carbons (Fsp3) is 0.409. The highest BCUT2D eigenvalue weighted by Crippen LogP contribution is 2.17. The molecule has 0 radical (unpaired) electrons. The number of aliphatic imine (C=N–C) groups is 1. The lowest BCUT2D eigenvalue weighted by Crippen LogP contribution is -2.40. The van der Waals surface area contributed by atoms with Gasteiger partial charge in [0.05, 0.1) is 18.9 Å². The second-order valence-corrected chi connectivity index (χ2v) is 7.12. The number of nitrogens with zero attached hydrogens (tertiary/aromatic N) is 1. The molecule has 1 atom stereocenters. The maximum Gasteiger partial charge on any atom is 0.191 e. The number of ether oxygens (including phenoxy) is 1.